The number of hydrogen-bond acceptors (Lipinski definition) is 3. The molecular formula is C13H14FNO3S. The highest BCUT2D eigenvalue weighted by Gasteiger charge is 2.06. The van der Waals surface area contributed by atoms with Gasteiger partial charge in [-0.05, 0) is 31.2 Å². The van der Waals surface area contributed by atoms with E-state index in [-0.39, 0.29) is 4.90 Å². The van der Waals surface area contributed by atoms with E-state index in [2.05, 4.69) is 4.98 Å². The number of benzene rings is 1. The van der Waals surface area contributed by atoms with Gasteiger partial charge in [0.25, 0.3) is 10.1 Å². The Morgan fingerprint density at radius 3 is 2.16 bits per heavy atom. The van der Waals surface area contributed by atoms with Crippen molar-refractivity contribution < 1.29 is 17.4 Å². The average molecular weight is 283 g/mol. The van der Waals surface area contributed by atoms with Gasteiger partial charge in [-0.3, -0.25) is 9.54 Å². The van der Waals surface area contributed by atoms with E-state index in [9.17, 15) is 12.8 Å². The third-order valence-electron chi connectivity index (χ3n) is 2.18. The fourth-order valence-electron chi connectivity index (χ4n) is 1.19. The van der Waals surface area contributed by atoms with E-state index in [0.717, 1.165) is 5.56 Å². The van der Waals surface area contributed by atoms with Crippen molar-refractivity contribution in [2.24, 2.45) is 0 Å². The summed E-state index contributed by atoms with van der Waals surface area (Å²) in [7, 11) is -4.02. The molecule has 1 aromatic heterocycles. The number of alkyl halides is 1. The molecule has 4 nitrogen and oxygen atoms in total. The summed E-state index contributed by atoms with van der Waals surface area (Å²) in [6.07, 6.45) is 1.58. The Bertz CT molecular complexity index is 598. The predicted octanol–water partition coefficient (Wildman–Crippen LogP) is 2.79. The van der Waals surface area contributed by atoms with Crippen LogP contribution in [0.3, 0.4) is 0 Å². The van der Waals surface area contributed by atoms with E-state index in [4.69, 9.17) is 4.55 Å². The van der Waals surface area contributed by atoms with E-state index in [0.29, 0.717) is 5.69 Å². The number of aromatic nitrogens is 1. The van der Waals surface area contributed by atoms with Gasteiger partial charge in [-0.25, -0.2) is 4.39 Å². The molecule has 6 heteroatoms. The fraction of sp³-hybridized carbons (Fsp3) is 0.154. The number of pyridine rings is 1. The Morgan fingerprint density at radius 1 is 1.16 bits per heavy atom. The lowest BCUT2D eigenvalue weighted by Crippen LogP contribution is -1.96. The Morgan fingerprint density at radius 2 is 1.79 bits per heavy atom. The van der Waals surface area contributed by atoms with Gasteiger partial charge in [0, 0.05) is 6.20 Å². The smallest absolute Gasteiger partial charge is 0.282 e. The van der Waals surface area contributed by atoms with E-state index >= 15 is 0 Å². The molecule has 0 atom stereocenters. The SMILES string of the molecule is Cc1ccc(S(=O)(=O)O)cc1.FCc1ccccn1. The molecular weight excluding hydrogens is 269 g/mol. The zero-order chi connectivity index (χ0) is 14.3. The highest BCUT2D eigenvalue weighted by Crippen LogP contribution is 2.08. The second-order valence-electron chi connectivity index (χ2n) is 3.74. The van der Waals surface area contributed by atoms with Crippen molar-refractivity contribution in [3.8, 4) is 0 Å². The minimum atomic E-state index is -4.02. The Hall–Kier alpha value is -1.79. The van der Waals surface area contributed by atoms with E-state index in [1.165, 1.54) is 12.1 Å². The van der Waals surface area contributed by atoms with Crippen LogP contribution in [0.1, 0.15) is 11.3 Å². The van der Waals surface area contributed by atoms with Crippen LogP contribution in [0.15, 0.2) is 53.6 Å². The molecule has 0 unspecified atom stereocenters. The molecule has 1 N–H and O–H groups in total. The highest BCUT2D eigenvalue weighted by molar-refractivity contribution is 7.85. The second-order valence-corrected chi connectivity index (χ2v) is 5.16. The first kappa shape index (κ1) is 15.3. The number of halogens is 1. The minimum Gasteiger partial charge on any atom is -0.282 e. The average Bonchev–Trinajstić information content (AvgIpc) is 2.40. The highest BCUT2D eigenvalue weighted by atomic mass is 32.2. The van der Waals surface area contributed by atoms with Crippen LogP contribution in [0.2, 0.25) is 0 Å². The molecule has 0 bridgehead atoms. The Kier molecular flexibility index (Phi) is 5.59. The minimum absolute atomic E-state index is 0.0666. The molecule has 0 radical (unpaired) electrons. The molecule has 1 heterocycles. The van der Waals surface area contributed by atoms with E-state index in [1.807, 2.05) is 6.92 Å². The molecule has 0 fully saturated rings. The van der Waals surface area contributed by atoms with Crippen molar-refractivity contribution in [1.82, 2.24) is 4.98 Å². The molecule has 0 spiro atoms. The number of hydrogen-bond donors (Lipinski definition) is 1. The summed E-state index contributed by atoms with van der Waals surface area (Å²) < 4.78 is 41.2. The van der Waals surface area contributed by atoms with Crippen molar-refractivity contribution in [2.45, 2.75) is 18.5 Å². The topological polar surface area (TPSA) is 67.3 Å². The fourth-order valence-corrected chi connectivity index (χ4v) is 1.67. The first-order chi connectivity index (χ1) is 8.93. The zero-order valence-electron chi connectivity index (χ0n) is 10.3. The van der Waals surface area contributed by atoms with Gasteiger partial charge < -0.3 is 0 Å². The summed E-state index contributed by atoms with van der Waals surface area (Å²) in [5.41, 5.74) is 1.45. The van der Waals surface area contributed by atoms with Crippen LogP contribution in [0, 0.1) is 6.92 Å². The third-order valence-corrected chi connectivity index (χ3v) is 3.05. The van der Waals surface area contributed by atoms with Gasteiger partial charge in [0.15, 0.2) is 0 Å². The lowest BCUT2D eigenvalue weighted by molar-refractivity contribution is 0.476. The maximum Gasteiger partial charge on any atom is 0.294 e. The first-order valence-electron chi connectivity index (χ1n) is 5.43. The number of aryl methyl sites for hydroxylation is 1. The Labute approximate surface area is 111 Å². The third kappa shape index (κ3) is 5.58. The quantitative estimate of drug-likeness (QED) is 0.861. The van der Waals surface area contributed by atoms with Crippen molar-refractivity contribution in [3.63, 3.8) is 0 Å². The molecule has 0 aliphatic rings. The lowest BCUT2D eigenvalue weighted by Gasteiger charge is -1.95. The molecule has 2 aromatic rings. The maximum absolute atomic E-state index is 11.7. The van der Waals surface area contributed by atoms with Crippen molar-refractivity contribution in [1.29, 1.82) is 0 Å². The first-order valence-corrected chi connectivity index (χ1v) is 6.87. The zero-order valence-corrected chi connectivity index (χ0v) is 11.1. The predicted molar refractivity (Wildman–Crippen MR) is 70.0 cm³/mol. The lowest BCUT2D eigenvalue weighted by atomic mass is 10.2. The normalized spacial score (nSPS) is 10.5. The van der Waals surface area contributed by atoms with E-state index in [1.54, 1.807) is 36.5 Å². The summed E-state index contributed by atoms with van der Waals surface area (Å²) in [6.45, 7) is 1.37. The summed E-state index contributed by atoms with van der Waals surface area (Å²) in [4.78, 5) is 3.66. The van der Waals surface area contributed by atoms with Crippen LogP contribution in [0.4, 0.5) is 4.39 Å². The van der Waals surface area contributed by atoms with Crippen LogP contribution < -0.4 is 0 Å². The molecule has 19 heavy (non-hydrogen) atoms. The summed E-state index contributed by atoms with van der Waals surface area (Å²) in [5, 5.41) is 0. The van der Waals surface area contributed by atoms with Crippen molar-refractivity contribution in [3.05, 3.63) is 59.9 Å². The molecule has 102 valence electrons. The van der Waals surface area contributed by atoms with Gasteiger partial charge in [0.1, 0.15) is 6.67 Å². The van der Waals surface area contributed by atoms with Gasteiger partial charge in [0.2, 0.25) is 0 Å². The van der Waals surface area contributed by atoms with Crippen LogP contribution in [-0.4, -0.2) is 18.0 Å². The molecule has 0 saturated carbocycles. The van der Waals surface area contributed by atoms with Crippen LogP contribution in [0.25, 0.3) is 0 Å². The van der Waals surface area contributed by atoms with Gasteiger partial charge in [-0.1, -0.05) is 23.8 Å². The maximum atomic E-state index is 11.7. The molecule has 0 saturated heterocycles. The molecule has 0 aliphatic carbocycles. The summed E-state index contributed by atoms with van der Waals surface area (Å²) in [5.74, 6) is 0. The second kappa shape index (κ2) is 6.96. The van der Waals surface area contributed by atoms with E-state index < -0.39 is 16.8 Å². The Balaban J connectivity index is 0.000000200. The molecule has 2 rings (SSSR count). The van der Waals surface area contributed by atoms with Crippen LogP contribution in [0.5, 0.6) is 0 Å². The van der Waals surface area contributed by atoms with Gasteiger partial charge >= 0.3 is 0 Å². The molecule has 0 aliphatic heterocycles. The molecule has 1 aromatic carbocycles. The largest absolute Gasteiger partial charge is 0.294 e. The standard InChI is InChI=1S/C7H8O3S.C6H6FN/c1-6-2-4-7(5-3-6)11(8,9)10;7-5-6-3-1-2-4-8-6/h2-5H,1H3,(H,8,9,10);1-4H,5H2. The van der Waals surface area contributed by atoms with Gasteiger partial charge in [-0.15, -0.1) is 0 Å². The number of rotatable bonds is 2. The molecule has 0 amide bonds. The van der Waals surface area contributed by atoms with Gasteiger partial charge in [0.05, 0.1) is 10.6 Å². The summed E-state index contributed by atoms with van der Waals surface area (Å²) >= 11 is 0. The van der Waals surface area contributed by atoms with Crippen molar-refractivity contribution in [2.75, 3.05) is 0 Å². The van der Waals surface area contributed by atoms with Crippen LogP contribution in [-0.2, 0) is 16.8 Å². The number of nitrogens with zero attached hydrogens (tertiary/aromatic N) is 1. The summed E-state index contributed by atoms with van der Waals surface area (Å²) in [6, 6.07) is 11.2. The van der Waals surface area contributed by atoms with Gasteiger partial charge in [-0.2, -0.15) is 8.42 Å². The monoisotopic (exact) mass is 283 g/mol. The van der Waals surface area contributed by atoms with Crippen LogP contribution >= 0.6 is 0 Å². The van der Waals surface area contributed by atoms with Crippen molar-refractivity contribution >= 4 is 10.1 Å².